The lowest BCUT2D eigenvalue weighted by atomic mass is 10.0. The second-order valence-corrected chi connectivity index (χ2v) is 8.63. The fourth-order valence-corrected chi connectivity index (χ4v) is 4.19. The smallest absolute Gasteiger partial charge is 0.315 e. The molecule has 1 fully saturated rings. The standard InChI is InChI=1S/C25H40N4O3/c1-4-6-7-8-12-15-23(30)29-17-16-28(19-20(29)3)24(31)22(27-25(32)26-5-2)18-21-13-10-9-11-14-21/h9-11,13-14,20,22H,4-8,12,15-19H2,1-3H3,(H2,26,27,32). The van der Waals surface area contributed by atoms with E-state index in [-0.39, 0.29) is 23.9 Å². The molecule has 2 N–H and O–H groups in total. The van der Waals surface area contributed by atoms with Gasteiger partial charge in [-0.1, -0.05) is 62.9 Å². The van der Waals surface area contributed by atoms with E-state index in [0.29, 0.717) is 39.0 Å². The van der Waals surface area contributed by atoms with Gasteiger partial charge in [0.1, 0.15) is 6.04 Å². The molecule has 178 valence electrons. The van der Waals surface area contributed by atoms with Crippen molar-refractivity contribution >= 4 is 17.8 Å². The summed E-state index contributed by atoms with van der Waals surface area (Å²) in [7, 11) is 0. The summed E-state index contributed by atoms with van der Waals surface area (Å²) in [5.74, 6) is 0.0843. The zero-order chi connectivity index (χ0) is 23.3. The molecule has 1 aliphatic rings. The molecule has 1 aromatic rings. The zero-order valence-corrected chi connectivity index (χ0v) is 19.9. The largest absolute Gasteiger partial charge is 0.338 e. The highest BCUT2D eigenvalue weighted by atomic mass is 16.2. The van der Waals surface area contributed by atoms with Crippen LogP contribution < -0.4 is 10.6 Å². The monoisotopic (exact) mass is 444 g/mol. The van der Waals surface area contributed by atoms with Crippen molar-refractivity contribution in [3.8, 4) is 0 Å². The number of unbranched alkanes of at least 4 members (excludes halogenated alkanes) is 4. The van der Waals surface area contributed by atoms with Gasteiger partial charge in [0, 0.05) is 45.1 Å². The predicted octanol–water partition coefficient (Wildman–Crippen LogP) is 3.34. The van der Waals surface area contributed by atoms with Crippen LogP contribution in [0.1, 0.15) is 64.9 Å². The Hall–Kier alpha value is -2.57. The van der Waals surface area contributed by atoms with Crippen molar-refractivity contribution < 1.29 is 14.4 Å². The lowest BCUT2D eigenvalue weighted by Gasteiger charge is -2.41. The Balaban J connectivity index is 1.94. The van der Waals surface area contributed by atoms with Crippen molar-refractivity contribution in [2.45, 2.75) is 77.8 Å². The van der Waals surface area contributed by atoms with Crippen molar-refractivity contribution in [2.75, 3.05) is 26.2 Å². The molecule has 4 amide bonds. The quantitative estimate of drug-likeness (QED) is 0.514. The minimum atomic E-state index is -0.642. The van der Waals surface area contributed by atoms with E-state index in [1.807, 2.05) is 49.1 Å². The van der Waals surface area contributed by atoms with E-state index in [2.05, 4.69) is 17.6 Å². The van der Waals surface area contributed by atoms with Gasteiger partial charge in [-0.05, 0) is 25.8 Å². The normalized spacial score (nSPS) is 17.0. The Morgan fingerprint density at radius 1 is 1.03 bits per heavy atom. The summed E-state index contributed by atoms with van der Waals surface area (Å²) in [6, 6.07) is 8.69. The lowest BCUT2D eigenvalue weighted by molar-refractivity contribution is -0.143. The molecule has 0 aliphatic carbocycles. The molecular weight excluding hydrogens is 404 g/mol. The van der Waals surface area contributed by atoms with E-state index in [9.17, 15) is 14.4 Å². The third kappa shape index (κ3) is 8.17. The number of nitrogens with one attached hydrogen (secondary N) is 2. The van der Waals surface area contributed by atoms with Gasteiger partial charge in [-0.15, -0.1) is 0 Å². The Bertz CT molecular complexity index is 725. The molecule has 2 unspecified atom stereocenters. The molecule has 0 spiro atoms. The van der Waals surface area contributed by atoms with Gasteiger partial charge in [0.05, 0.1) is 0 Å². The maximum atomic E-state index is 13.3. The highest BCUT2D eigenvalue weighted by Gasteiger charge is 2.33. The summed E-state index contributed by atoms with van der Waals surface area (Å²) in [5, 5.41) is 5.54. The van der Waals surface area contributed by atoms with Crippen LogP contribution in [0.3, 0.4) is 0 Å². The molecule has 0 bridgehead atoms. The molecule has 0 radical (unpaired) electrons. The topological polar surface area (TPSA) is 81.8 Å². The van der Waals surface area contributed by atoms with E-state index >= 15 is 0 Å². The summed E-state index contributed by atoms with van der Waals surface area (Å²) < 4.78 is 0. The number of urea groups is 1. The first-order valence-corrected chi connectivity index (χ1v) is 12.1. The van der Waals surface area contributed by atoms with Crippen molar-refractivity contribution in [2.24, 2.45) is 0 Å². The van der Waals surface area contributed by atoms with Crippen LogP contribution in [0.25, 0.3) is 0 Å². The molecule has 2 rings (SSSR count). The number of hydrogen-bond acceptors (Lipinski definition) is 3. The number of amides is 4. The second kappa shape index (κ2) is 13.8. The number of nitrogens with zero attached hydrogens (tertiary/aromatic N) is 2. The SMILES string of the molecule is CCCCCCCC(=O)N1CCN(C(=O)C(Cc2ccccc2)NC(=O)NCC)CC1C. The highest BCUT2D eigenvalue weighted by Crippen LogP contribution is 2.16. The maximum Gasteiger partial charge on any atom is 0.315 e. The minimum Gasteiger partial charge on any atom is -0.338 e. The average Bonchev–Trinajstić information content (AvgIpc) is 2.78. The summed E-state index contributed by atoms with van der Waals surface area (Å²) in [6.07, 6.45) is 6.64. The molecule has 32 heavy (non-hydrogen) atoms. The van der Waals surface area contributed by atoms with Crippen molar-refractivity contribution in [3.05, 3.63) is 35.9 Å². The third-order valence-electron chi connectivity index (χ3n) is 5.98. The van der Waals surface area contributed by atoms with Crippen LogP contribution in [-0.4, -0.2) is 65.9 Å². The first-order valence-electron chi connectivity index (χ1n) is 12.1. The highest BCUT2D eigenvalue weighted by molar-refractivity contribution is 5.87. The molecule has 7 heteroatoms. The molecule has 1 aliphatic heterocycles. The minimum absolute atomic E-state index is 0.0299. The van der Waals surface area contributed by atoms with Crippen LogP contribution in [0.4, 0.5) is 4.79 Å². The van der Waals surface area contributed by atoms with Gasteiger partial charge in [0.15, 0.2) is 0 Å². The van der Waals surface area contributed by atoms with Crippen LogP contribution in [0.5, 0.6) is 0 Å². The van der Waals surface area contributed by atoms with Gasteiger partial charge < -0.3 is 20.4 Å². The van der Waals surface area contributed by atoms with E-state index < -0.39 is 6.04 Å². The molecule has 0 saturated carbocycles. The van der Waals surface area contributed by atoms with Crippen LogP contribution in [-0.2, 0) is 16.0 Å². The Morgan fingerprint density at radius 2 is 1.75 bits per heavy atom. The Morgan fingerprint density at radius 3 is 2.41 bits per heavy atom. The van der Waals surface area contributed by atoms with Crippen LogP contribution in [0.15, 0.2) is 30.3 Å². The number of carbonyl (C=O) groups excluding carboxylic acids is 3. The van der Waals surface area contributed by atoms with Gasteiger partial charge >= 0.3 is 6.03 Å². The average molecular weight is 445 g/mol. The van der Waals surface area contributed by atoms with Gasteiger partial charge in [0.2, 0.25) is 11.8 Å². The van der Waals surface area contributed by atoms with Crippen LogP contribution >= 0.6 is 0 Å². The fourth-order valence-electron chi connectivity index (χ4n) is 4.19. The fraction of sp³-hybridized carbons (Fsp3) is 0.640. The first kappa shape index (κ1) is 25.7. The zero-order valence-electron chi connectivity index (χ0n) is 19.9. The molecule has 1 heterocycles. The molecule has 2 atom stereocenters. The Labute approximate surface area is 192 Å². The van der Waals surface area contributed by atoms with Gasteiger partial charge in [0.25, 0.3) is 0 Å². The van der Waals surface area contributed by atoms with E-state index in [4.69, 9.17) is 0 Å². The van der Waals surface area contributed by atoms with E-state index in [0.717, 1.165) is 18.4 Å². The Kier molecular flexibility index (Phi) is 11.0. The number of benzene rings is 1. The predicted molar refractivity (Wildman–Crippen MR) is 127 cm³/mol. The number of hydrogen-bond donors (Lipinski definition) is 2. The van der Waals surface area contributed by atoms with Crippen molar-refractivity contribution in [3.63, 3.8) is 0 Å². The lowest BCUT2D eigenvalue weighted by Crippen LogP contribution is -2.60. The second-order valence-electron chi connectivity index (χ2n) is 8.63. The summed E-state index contributed by atoms with van der Waals surface area (Å²) in [5.41, 5.74) is 0.993. The summed E-state index contributed by atoms with van der Waals surface area (Å²) in [4.78, 5) is 41.8. The molecule has 1 saturated heterocycles. The first-order chi connectivity index (χ1) is 15.5. The number of rotatable bonds is 11. The molecule has 1 aromatic carbocycles. The van der Waals surface area contributed by atoms with E-state index in [1.54, 1.807) is 4.90 Å². The van der Waals surface area contributed by atoms with Gasteiger partial charge in [-0.25, -0.2) is 4.79 Å². The molecule has 7 nitrogen and oxygen atoms in total. The third-order valence-corrected chi connectivity index (χ3v) is 5.98. The number of piperazine rings is 1. The molecule has 0 aromatic heterocycles. The van der Waals surface area contributed by atoms with Crippen molar-refractivity contribution in [1.82, 2.24) is 20.4 Å². The molecular formula is C25H40N4O3. The van der Waals surface area contributed by atoms with Gasteiger partial charge in [-0.3, -0.25) is 9.59 Å². The summed E-state index contributed by atoms with van der Waals surface area (Å²) in [6.45, 7) is 8.04. The maximum absolute atomic E-state index is 13.3. The van der Waals surface area contributed by atoms with Crippen LogP contribution in [0.2, 0.25) is 0 Å². The summed E-state index contributed by atoms with van der Waals surface area (Å²) >= 11 is 0. The van der Waals surface area contributed by atoms with Gasteiger partial charge in [-0.2, -0.15) is 0 Å². The van der Waals surface area contributed by atoms with E-state index in [1.165, 1.54) is 19.3 Å². The van der Waals surface area contributed by atoms with Crippen LogP contribution in [0, 0.1) is 0 Å². The van der Waals surface area contributed by atoms with Crippen molar-refractivity contribution in [1.29, 1.82) is 0 Å². The number of carbonyl (C=O) groups is 3.